The Kier molecular flexibility index (Phi) is 2.28. The summed E-state index contributed by atoms with van der Waals surface area (Å²) >= 11 is 0. The van der Waals surface area contributed by atoms with E-state index < -0.39 is 0 Å². The lowest BCUT2D eigenvalue weighted by molar-refractivity contribution is 0.140. The highest BCUT2D eigenvalue weighted by molar-refractivity contribution is 4.91. The molecule has 0 aliphatic carbocycles. The second-order valence-corrected chi connectivity index (χ2v) is 3.02. The molecule has 0 bridgehead atoms. The zero-order chi connectivity index (χ0) is 7.72. The molecule has 0 aromatic carbocycles. The van der Waals surface area contributed by atoms with E-state index in [4.69, 9.17) is 9.84 Å². The van der Waals surface area contributed by atoms with E-state index in [-0.39, 0.29) is 18.8 Å². The number of likely N-dealkylation sites (N-methyl/N-ethyl adjacent to an activating group) is 1. The number of nitrogens with zero attached hydrogens (tertiary/aromatic N) is 1. The highest BCUT2D eigenvalue weighted by Crippen LogP contribution is 2.26. The van der Waals surface area contributed by atoms with Gasteiger partial charge in [0.25, 0.3) is 0 Å². The van der Waals surface area contributed by atoms with Crippen LogP contribution in [0.15, 0.2) is 0 Å². The van der Waals surface area contributed by atoms with E-state index in [9.17, 15) is 0 Å². The summed E-state index contributed by atoms with van der Waals surface area (Å²) in [7, 11) is 3.91. The van der Waals surface area contributed by atoms with Gasteiger partial charge < -0.3 is 14.7 Å². The molecule has 1 aliphatic heterocycles. The minimum absolute atomic E-state index is 0.176. The lowest BCUT2D eigenvalue weighted by Crippen LogP contribution is -2.36. The van der Waals surface area contributed by atoms with Crippen LogP contribution in [0.5, 0.6) is 0 Å². The fourth-order valence-corrected chi connectivity index (χ4v) is 1.17. The molecule has 0 amide bonds. The van der Waals surface area contributed by atoms with Crippen molar-refractivity contribution in [1.82, 2.24) is 4.90 Å². The molecule has 0 aromatic rings. The maximum Gasteiger partial charge on any atom is 0.102 e. The second kappa shape index (κ2) is 2.86. The quantitative estimate of drug-likeness (QED) is 0.554. The van der Waals surface area contributed by atoms with Gasteiger partial charge >= 0.3 is 0 Å². The molecule has 3 atom stereocenters. The molecule has 0 saturated carbocycles. The summed E-state index contributed by atoms with van der Waals surface area (Å²) in [6.07, 6.45) is 0.583. The summed E-state index contributed by atoms with van der Waals surface area (Å²) < 4.78 is 5.23. The van der Waals surface area contributed by atoms with Crippen molar-refractivity contribution in [1.29, 1.82) is 0 Å². The van der Waals surface area contributed by atoms with Gasteiger partial charge in [0.05, 0.1) is 18.8 Å². The highest BCUT2D eigenvalue weighted by Gasteiger charge is 2.41. The zero-order valence-electron chi connectivity index (χ0n) is 6.74. The summed E-state index contributed by atoms with van der Waals surface area (Å²) in [5, 5.41) is 8.90. The molecule has 1 heterocycles. The summed E-state index contributed by atoms with van der Waals surface area (Å²) in [5.41, 5.74) is 0. The topological polar surface area (TPSA) is 36.0 Å². The van der Waals surface area contributed by atoms with Gasteiger partial charge in [0.1, 0.15) is 6.10 Å². The van der Waals surface area contributed by atoms with E-state index in [2.05, 4.69) is 0 Å². The first kappa shape index (κ1) is 7.98. The maximum absolute atomic E-state index is 8.90. The number of rotatable bonds is 3. The van der Waals surface area contributed by atoms with Crippen molar-refractivity contribution < 1.29 is 9.84 Å². The fourth-order valence-electron chi connectivity index (χ4n) is 1.17. The van der Waals surface area contributed by atoms with Crippen LogP contribution in [0.2, 0.25) is 0 Å². The molecule has 3 unspecified atom stereocenters. The molecule has 1 saturated heterocycles. The highest BCUT2D eigenvalue weighted by atomic mass is 16.6. The third-order valence-electron chi connectivity index (χ3n) is 1.99. The van der Waals surface area contributed by atoms with Crippen molar-refractivity contribution in [3.8, 4) is 0 Å². The van der Waals surface area contributed by atoms with Gasteiger partial charge in [-0.15, -0.1) is 0 Å². The number of hydrogen-bond acceptors (Lipinski definition) is 3. The Bertz CT molecular complexity index is 116. The number of ether oxygens (including phenoxy) is 1. The predicted molar refractivity (Wildman–Crippen MR) is 38.9 cm³/mol. The first-order valence-corrected chi connectivity index (χ1v) is 3.59. The molecule has 0 aromatic heterocycles. The van der Waals surface area contributed by atoms with Gasteiger partial charge in [-0.25, -0.2) is 0 Å². The van der Waals surface area contributed by atoms with Gasteiger partial charge in [-0.1, -0.05) is 0 Å². The van der Waals surface area contributed by atoms with Gasteiger partial charge in [0.2, 0.25) is 0 Å². The van der Waals surface area contributed by atoms with Crippen LogP contribution < -0.4 is 0 Å². The first-order chi connectivity index (χ1) is 4.66. The maximum atomic E-state index is 8.90. The van der Waals surface area contributed by atoms with Crippen molar-refractivity contribution >= 4 is 0 Å². The first-order valence-electron chi connectivity index (χ1n) is 3.59. The third-order valence-corrected chi connectivity index (χ3v) is 1.99. The minimum Gasteiger partial charge on any atom is -0.395 e. The molecule has 3 nitrogen and oxygen atoms in total. The van der Waals surface area contributed by atoms with E-state index in [1.54, 1.807) is 0 Å². The van der Waals surface area contributed by atoms with Gasteiger partial charge in [0.15, 0.2) is 0 Å². The van der Waals surface area contributed by atoms with Crippen LogP contribution in [0.25, 0.3) is 0 Å². The summed E-state index contributed by atoms with van der Waals surface area (Å²) in [4.78, 5) is 1.99. The molecule has 10 heavy (non-hydrogen) atoms. The zero-order valence-corrected chi connectivity index (χ0v) is 6.74. The van der Waals surface area contributed by atoms with Crippen molar-refractivity contribution in [2.75, 3.05) is 20.7 Å². The lowest BCUT2D eigenvalue weighted by Gasteiger charge is -2.19. The van der Waals surface area contributed by atoms with Gasteiger partial charge in [-0.3, -0.25) is 0 Å². The lowest BCUT2D eigenvalue weighted by atomic mass is 10.1. The standard InChI is InChI=1S/C7H15NO2/c1-5-7(10-5)6(4-9)8(2)3/h5-7,9H,4H2,1-3H3. The Morgan fingerprint density at radius 1 is 1.60 bits per heavy atom. The molecule has 1 aliphatic rings. The monoisotopic (exact) mass is 145 g/mol. The van der Waals surface area contributed by atoms with Crippen LogP contribution in [-0.4, -0.2) is 49.0 Å². The molecule has 3 heteroatoms. The largest absolute Gasteiger partial charge is 0.395 e. The number of epoxide rings is 1. The van der Waals surface area contributed by atoms with Crippen LogP contribution in [0.3, 0.4) is 0 Å². The second-order valence-electron chi connectivity index (χ2n) is 3.02. The number of aliphatic hydroxyl groups excluding tert-OH is 1. The Morgan fingerprint density at radius 2 is 2.10 bits per heavy atom. The Morgan fingerprint density at radius 3 is 2.20 bits per heavy atom. The van der Waals surface area contributed by atoms with Gasteiger partial charge in [-0.2, -0.15) is 0 Å². The van der Waals surface area contributed by atoms with Crippen LogP contribution >= 0.6 is 0 Å². The molecular weight excluding hydrogens is 130 g/mol. The van der Waals surface area contributed by atoms with Crippen LogP contribution in [0, 0.1) is 0 Å². The Balaban J connectivity index is 2.34. The van der Waals surface area contributed by atoms with E-state index in [0.29, 0.717) is 6.10 Å². The van der Waals surface area contributed by atoms with Crippen molar-refractivity contribution in [2.45, 2.75) is 25.2 Å². The molecule has 1 rings (SSSR count). The summed E-state index contributed by atoms with van der Waals surface area (Å²) in [6.45, 7) is 2.21. The van der Waals surface area contributed by atoms with Crippen molar-refractivity contribution in [3.05, 3.63) is 0 Å². The van der Waals surface area contributed by atoms with Crippen LogP contribution in [-0.2, 0) is 4.74 Å². The summed E-state index contributed by atoms with van der Waals surface area (Å²) in [5.74, 6) is 0. The Labute approximate surface area is 61.6 Å². The molecule has 0 spiro atoms. The van der Waals surface area contributed by atoms with E-state index in [0.717, 1.165) is 0 Å². The molecule has 1 fully saturated rings. The number of aliphatic hydroxyl groups is 1. The van der Waals surface area contributed by atoms with E-state index >= 15 is 0 Å². The van der Waals surface area contributed by atoms with Crippen molar-refractivity contribution in [2.24, 2.45) is 0 Å². The number of hydrogen-bond donors (Lipinski definition) is 1. The van der Waals surface area contributed by atoms with Gasteiger partial charge in [-0.05, 0) is 21.0 Å². The SMILES string of the molecule is CC1OC1C(CO)N(C)C. The fraction of sp³-hybridized carbons (Fsp3) is 1.00. The van der Waals surface area contributed by atoms with E-state index in [1.165, 1.54) is 0 Å². The molecule has 1 N–H and O–H groups in total. The minimum atomic E-state index is 0.176. The smallest absolute Gasteiger partial charge is 0.102 e. The average molecular weight is 145 g/mol. The summed E-state index contributed by atoms with van der Waals surface area (Å²) in [6, 6.07) is 0.176. The Hall–Kier alpha value is -0.120. The third kappa shape index (κ3) is 1.48. The van der Waals surface area contributed by atoms with Gasteiger partial charge in [0, 0.05) is 0 Å². The molecular formula is C7H15NO2. The van der Waals surface area contributed by atoms with Crippen LogP contribution in [0.4, 0.5) is 0 Å². The van der Waals surface area contributed by atoms with Crippen molar-refractivity contribution in [3.63, 3.8) is 0 Å². The van der Waals surface area contributed by atoms with Crippen LogP contribution in [0.1, 0.15) is 6.92 Å². The van der Waals surface area contributed by atoms with E-state index in [1.807, 2.05) is 25.9 Å². The average Bonchev–Trinajstić information content (AvgIpc) is 2.48. The predicted octanol–water partition coefficient (Wildman–Crippen LogP) is -0.304. The normalized spacial score (nSPS) is 34.5. The molecule has 60 valence electrons. The molecule has 0 radical (unpaired) electrons.